The molecule has 33 heavy (non-hydrogen) atoms. The van der Waals surface area contributed by atoms with Crippen molar-refractivity contribution in [2.75, 3.05) is 21.3 Å². The van der Waals surface area contributed by atoms with Gasteiger partial charge in [0.15, 0.2) is 17.3 Å². The second-order valence-corrected chi connectivity index (χ2v) is 9.08. The van der Waals surface area contributed by atoms with Gasteiger partial charge in [0.2, 0.25) is 0 Å². The van der Waals surface area contributed by atoms with E-state index in [1.165, 1.54) is 0 Å². The minimum absolute atomic E-state index is 0.0280. The average Bonchev–Trinajstić information content (AvgIpc) is 2.83. The van der Waals surface area contributed by atoms with Gasteiger partial charge in [-0.3, -0.25) is 9.79 Å². The molecule has 6 nitrogen and oxygen atoms in total. The van der Waals surface area contributed by atoms with E-state index < -0.39 is 11.8 Å². The van der Waals surface area contributed by atoms with Crippen molar-refractivity contribution in [1.82, 2.24) is 0 Å². The van der Waals surface area contributed by atoms with Gasteiger partial charge in [0.1, 0.15) is 5.75 Å². The van der Waals surface area contributed by atoms with E-state index in [1.54, 1.807) is 21.3 Å². The number of hydrogen-bond donors (Lipinski definition) is 0. The van der Waals surface area contributed by atoms with Gasteiger partial charge in [-0.25, -0.2) is 0 Å². The Morgan fingerprint density at radius 2 is 1.70 bits per heavy atom. The molecule has 0 aromatic heterocycles. The predicted molar refractivity (Wildman–Crippen MR) is 129 cm³/mol. The first kappa shape index (κ1) is 23.1. The summed E-state index contributed by atoms with van der Waals surface area (Å²) in [6.07, 6.45) is 1.02. The highest BCUT2D eigenvalue weighted by Gasteiger charge is 2.42. The Balaban J connectivity index is 1.80. The molecule has 0 fully saturated rings. The maximum absolute atomic E-state index is 13.5. The van der Waals surface area contributed by atoms with Crippen LogP contribution in [0.25, 0.3) is 0 Å². The Labute approximate surface area is 202 Å². The van der Waals surface area contributed by atoms with Gasteiger partial charge >= 0.3 is 0 Å². The first-order chi connectivity index (χ1) is 15.9. The molecular weight excluding hydrogens is 484 g/mol. The lowest BCUT2D eigenvalue weighted by atomic mass is 9.69. The number of ether oxygens (including phenoxy) is 3. The lowest BCUT2D eigenvalue weighted by molar-refractivity contribution is -0.116. The third kappa shape index (κ3) is 4.16. The molecular formula is C26H25BrN2O4. The fourth-order valence-corrected chi connectivity index (χ4v) is 5.35. The minimum atomic E-state index is -0.542. The van der Waals surface area contributed by atoms with E-state index in [4.69, 9.17) is 19.2 Å². The monoisotopic (exact) mass is 508 g/mol. The number of aliphatic imine (C=N–C) groups is 1. The normalized spacial score (nSPS) is 22.2. The number of nitriles is 1. The molecule has 170 valence electrons. The summed E-state index contributed by atoms with van der Waals surface area (Å²) < 4.78 is 16.9. The van der Waals surface area contributed by atoms with Crippen LogP contribution in [0.15, 0.2) is 57.1 Å². The first-order valence-corrected chi connectivity index (χ1v) is 11.5. The number of allylic oxidation sites excluding steroid dienone is 2. The molecule has 0 bridgehead atoms. The molecule has 4 rings (SSSR count). The van der Waals surface area contributed by atoms with Crippen LogP contribution in [0, 0.1) is 17.2 Å². The zero-order valence-electron chi connectivity index (χ0n) is 19.0. The van der Waals surface area contributed by atoms with Gasteiger partial charge in [-0.15, -0.1) is 0 Å². The number of methoxy groups -OCH3 is 3. The molecule has 3 atom stereocenters. The number of nitrogens with zero attached hydrogens (tertiary/aromatic N) is 2. The molecule has 2 aromatic carbocycles. The van der Waals surface area contributed by atoms with Crippen molar-refractivity contribution in [2.45, 2.75) is 31.6 Å². The van der Waals surface area contributed by atoms with E-state index in [1.807, 2.05) is 43.3 Å². The fraction of sp³-hybridized carbons (Fsp3) is 0.346. The van der Waals surface area contributed by atoms with Crippen molar-refractivity contribution >= 4 is 27.4 Å². The quantitative estimate of drug-likeness (QED) is 0.526. The smallest absolute Gasteiger partial charge is 0.161 e. The van der Waals surface area contributed by atoms with E-state index >= 15 is 0 Å². The summed E-state index contributed by atoms with van der Waals surface area (Å²) in [6.45, 7) is 1.86. The van der Waals surface area contributed by atoms with Crippen molar-refractivity contribution in [3.63, 3.8) is 0 Å². The third-order valence-corrected chi connectivity index (χ3v) is 7.14. The number of ketones is 1. The topological polar surface area (TPSA) is 80.9 Å². The molecule has 1 aliphatic carbocycles. The number of hydrogen-bond acceptors (Lipinski definition) is 6. The molecule has 1 unspecified atom stereocenters. The second kappa shape index (κ2) is 9.40. The molecule has 2 aliphatic rings. The Morgan fingerprint density at radius 1 is 1.03 bits per heavy atom. The molecule has 1 heterocycles. The van der Waals surface area contributed by atoms with Crippen molar-refractivity contribution in [2.24, 2.45) is 10.9 Å². The Hall–Kier alpha value is -3.11. The lowest BCUT2D eigenvalue weighted by Gasteiger charge is -2.35. The van der Waals surface area contributed by atoms with Crippen LogP contribution < -0.4 is 14.2 Å². The fourth-order valence-electron chi connectivity index (χ4n) is 4.78. The largest absolute Gasteiger partial charge is 0.497 e. The molecule has 0 saturated carbocycles. The van der Waals surface area contributed by atoms with Gasteiger partial charge in [-0.2, -0.15) is 5.26 Å². The summed E-state index contributed by atoms with van der Waals surface area (Å²) in [4.78, 5) is 18.3. The highest BCUT2D eigenvalue weighted by atomic mass is 79.9. The van der Waals surface area contributed by atoms with Gasteiger partial charge in [-0.05, 0) is 54.7 Å². The Bertz CT molecular complexity index is 1190. The molecule has 7 heteroatoms. The first-order valence-electron chi connectivity index (χ1n) is 10.7. The molecule has 0 amide bonds. The van der Waals surface area contributed by atoms with Crippen LogP contribution in [0.2, 0.25) is 0 Å². The Morgan fingerprint density at radius 3 is 2.30 bits per heavy atom. The SMILES string of the molecule is COc1ccc([C@H]2CC(=O)C3=C(C2)N=C(C)C(C#N)[C@@H]3c2cc(OC)c(OC)cc2Br)cc1. The van der Waals surface area contributed by atoms with E-state index in [0.717, 1.165) is 27.0 Å². The molecule has 0 saturated heterocycles. The maximum Gasteiger partial charge on any atom is 0.161 e. The number of benzene rings is 2. The van der Waals surface area contributed by atoms with E-state index in [-0.39, 0.29) is 11.7 Å². The van der Waals surface area contributed by atoms with Crippen LogP contribution in [-0.2, 0) is 4.79 Å². The van der Waals surface area contributed by atoms with Crippen molar-refractivity contribution in [1.29, 1.82) is 5.26 Å². The van der Waals surface area contributed by atoms with Crippen LogP contribution in [0.5, 0.6) is 17.2 Å². The summed E-state index contributed by atoms with van der Waals surface area (Å²) in [5, 5.41) is 10.0. The van der Waals surface area contributed by atoms with E-state index in [2.05, 4.69) is 22.0 Å². The molecule has 1 aliphatic heterocycles. The van der Waals surface area contributed by atoms with Crippen molar-refractivity contribution in [3.05, 3.63) is 63.3 Å². The van der Waals surface area contributed by atoms with Crippen molar-refractivity contribution in [3.8, 4) is 23.3 Å². The third-order valence-electron chi connectivity index (χ3n) is 6.45. The van der Waals surface area contributed by atoms with Gasteiger partial charge in [0.05, 0.1) is 33.3 Å². The molecule has 0 N–H and O–H groups in total. The van der Waals surface area contributed by atoms with Crippen LogP contribution in [-0.4, -0.2) is 32.8 Å². The summed E-state index contributed by atoms with van der Waals surface area (Å²) in [7, 11) is 4.78. The Kier molecular flexibility index (Phi) is 6.57. The number of halogens is 1. The van der Waals surface area contributed by atoms with Gasteiger partial charge in [0, 0.05) is 33.8 Å². The number of carbonyl (C=O) groups is 1. The zero-order valence-corrected chi connectivity index (χ0v) is 20.6. The van der Waals surface area contributed by atoms with E-state index in [9.17, 15) is 10.1 Å². The molecule has 2 aromatic rings. The van der Waals surface area contributed by atoms with Crippen LogP contribution in [0.1, 0.15) is 42.7 Å². The lowest BCUT2D eigenvalue weighted by Crippen LogP contribution is -2.32. The summed E-state index contributed by atoms with van der Waals surface area (Å²) >= 11 is 3.63. The van der Waals surface area contributed by atoms with Gasteiger partial charge < -0.3 is 14.2 Å². The highest BCUT2D eigenvalue weighted by Crippen LogP contribution is 2.49. The number of rotatable bonds is 5. The zero-order chi connectivity index (χ0) is 23.7. The number of carbonyl (C=O) groups excluding carboxylic acids is 1. The van der Waals surface area contributed by atoms with Gasteiger partial charge in [-0.1, -0.05) is 28.1 Å². The van der Waals surface area contributed by atoms with Crippen molar-refractivity contribution < 1.29 is 19.0 Å². The highest BCUT2D eigenvalue weighted by molar-refractivity contribution is 9.10. The standard InChI is InChI=1S/C26H25BrN2O4/c1-14-19(13-28)25(18-11-23(32-3)24(33-4)12-20(18)27)26-21(29-14)9-16(10-22(26)30)15-5-7-17(31-2)8-6-15/h5-8,11-12,16,19,25H,9-10H2,1-4H3/t16-,19?,25+/m1/s1. The van der Waals surface area contributed by atoms with Gasteiger partial charge in [0.25, 0.3) is 0 Å². The van der Waals surface area contributed by atoms with Crippen LogP contribution in [0.4, 0.5) is 0 Å². The van der Waals surface area contributed by atoms with E-state index in [0.29, 0.717) is 35.6 Å². The molecule has 0 spiro atoms. The summed E-state index contributed by atoms with van der Waals surface area (Å²) in [5.74, 6) is 0.996. The van der Waals surface area contributed by atoms with Crippen LogP contribution in [0.3, 0.4) is 0 Å². The second-order valence-electron chi connectivity index (χ2n) is 8.23. The van der Waals surface area contributed by atoms with Crippen LogP contribution >= 0.6 is 15.9 Å². The maximum atomic E-state index is 13.5. The number of Topliss-reactive ketones (excluding diaryl/α,β-unsaturated/α-hetero) is 1. The average molecular weight is 509 g/mol. The molecule has 0 radical (unpaired) electrons. The predicted octanol–water partition coefficient (Wildman–Crippen LogP) is 5.57. The summed E-state index contributed by atoms with van der Waals surface area (Å²) in [6, 6.07) is 13.9. The minimum Gasteiger partial charge on any atom is -0.497 e. The summed E-state index contributed by atoms with van der Waals surface area (Å²) in [5.41, 5.74) is 4.01.